The minimum atomic E-state index is -1.05. The molecule has 1 atom stereocenters. The molecule has 0 bridgehead atoms. The zero-order chi connectivity index (χ0) is 14.1. The van der Waals surface area contributed by atoms with E-state index in [4.69, 9.17) is 0 Å². The van der Waals surface area contributed by atoms with Crippen molar-refractivity contribution in [2.24, 2.45) is 5.90 Å². The van der Waals surface area contributed by atoms with Crippen LogP contribution < -0.4 is 16.7 Å². The number of rotatable bonds is 5. The van der Waals surface area contributed by atoms with Crippen molar-refractivity contribution < 1.29 is 28.9 Å². The zero-order valence-corrected chi connectivity index (χ0v) is 10.0. The summed E-state index contributed by atoms with van der Waals surface area (Å²) in [6.45, 7) is 2.64. The van der Waals surface area contributed by atoms with E-state index in [1.165, 1.54) is 13.8 Å². The molecule has 4 N–H and O–H groups in total. The Labute approximate surface area is 103 Å². The number of hydrogen-bond acceptors (Lipinski definition) is 7. The van der Waals surface area contributed by atoms with Crippen LogP contribution in [0.1, 0.15) is 26.7 Å². The highest BCUT2D eigenvalue weighted by Crippen LogP contribution is 1.91. The van der Waals surface area contributed by atoms with Crippen LogP contribution in [0, 0.1) is 0 Å². The third-order valence-electron chi connectivity index (χ3n) is 1.76. The van der Waals surface area contributed by atoms with Gasteiger partial charge in [-0.2, -0.15) is 11.4 Å². The highest BCUT2D eigenvalue weighted by Gasteiger charge is 2.18. The van der Waals surface area contributed by atoms with Crippen molar-refractivity contribution >= 4 is 23.8 Å². The van der Waals surface area contributed by atoms with Gasteiger partial charge in [0.2, 0.25) is 0 Å². The molecule has 0 aromatic heterocycles. The molecule has 0 saturated heterocycles. The number of carbonyl (C=O) groups is 4. The lowest BCUT2D eigenvalue weighted by atomic mass is 10.2. The maximum atomic E-state index is 11.2. The fourth-order valence-corrected chi connectivity index (χ4v) is 0.806. The van der Waals surface area contributed by atoms with Gasteiger partial charge in [0, 0.05) is 12.8 Å². The second-order valence-corrected chi connectivity index (χ2v) is 3.42. The summed E-state index contributed by atoms with van der Waals surface area (Å²) in [6.07, 6.45) is -1.05. The molecule has 0 radical (unpaired) electrons. The predicted octanol–water partition coefficient (Wildman–Crippen LogP) is -1.08. The molecule has 102 valence electrons. The van der Waals surface area contributed by atoms with Crippen molar-refractivity contribution in [3.05, 3.63) is 0 Å². The molecular weight excluding hydrogens is 246 g/mol. The molecule has 0 rings (SSSR count). The van der Waals surface area contributed by atoms with Crippen molar-refractivity contribution in [1.82, 2.24) is 10.8 Å². The monoisotopic (exact) mass is 261 g/mol. The summed E-state index contributed by atoms with van der Waals surface area (Å²) in [4.78, 5) is 51.7. The van der Waals surface area contributed by atoms with E-state index in [1.807, 2.05) is 10.8 Å². The van der Waals surface area contributed by atoms with Gasteiger partial charge in [0.1, 0.15) is 11.8 Å². The molecule has 0 aliphatic rings. The van der Waals surface area contributed by atoms with Crippen molar-refractivity contribution in [2.45, 2.75) is 32.7 Å². The van der Waals surface area contributed by atoms with Gasteiger partial charge in [-0.25, -0.2) is 9.59 Å². The van der Waals surface area contributed by atoms with E-state index in [0.717, 1.165) is 0 Å². The predicted molar refractivity (Wildman–Crippen MR) is 57.4 cm³/mol. The maximum Gasteiger partial charge on any atom is 0.426 e. The Morgan fingerprint density at radius 2 is 1.83 bits per heavy atom. The van der Waals surface area contributed by atoms with Gasteiger partial charge >= 0.3 is 12.1 Å². The number of carbonyl (C=O) groups excluding carboxylic acids is 4. The molecular formula is C9H15N3O6. The van der Waals surface area contributed by atoms with E-state index in [1.54, 1.807) is 0 Å². The molecule has 9 heteroatoms. The normalized spacial score (nSPS) is 11.1. The van der Waals surface area contributed by atoms with Gasteiger partial charge in [-0.05, 0) is 13.8 Å². The minimum Gasteiger partial charge on any atom is -0.357 e. The van der Waals surface area contributed by atoms with E-state index < -0.39 is 24.0 Å². The van der Waals surface area contributed by atoms with E-state index in [9.17, 15) is 19.2 Å². The second-order valence-electron chi connectivity index (χ2n) is 3.42. The van der Waals surface area contributed by atoms with Crippen molar-refractivity contribution in [3.63, 3.8) is 0 Å². The number of Topliss-reactive ketones (excluding diaryl/α,β-unsaturated/α-hetero) is 1. The Kier molecular flexibility index (Phi) is 7.05. The molecule has 2 amide bonds. The Hall–Kier alpha value is -2.16. The first-order valence-corrected chi connectivity index (χ1v) is 5.03. The van der Waals surface area contributed by atoms with Gasteiger partial charge in [0.15, 0.2) is 0 Å². The summed E-state index contributed by atoms with van der Waals surface area (Å²) >= 11 is 0. The largest absolute Gasteiger partial charge is 0.426 e. The van der Waals surface area contributed by atoms with Crippen LogP contribution in [-0.2, 0) is 24.1 Å². The summed E-state index contributed by atoms with van der Waals surface area (Å²) in [5.74, 6) is 2.87. The first-order chi connectivity index (χ1) is 8.36. The smallest absolute Gasteiger partial charge is 0.357 e. The topological polar surface area (TPSA) is 137 Å². The molecule has 18 heavy (non-hydrogen) atoms. The van der Waals surface area contributed by atoms with E-state index >= 15 is 0 Å². The van der Waals surface area contributed by atoms with Gasteiger partial charge in [-0.15, -0.1) is 0 Å². The summed E-state index contributed by atoms with van der Waals surface area (Å²) < 4.78 is 0. The molecule has 1 unspecified atom stereocenters. The van der Waals surface area contributed by atoms with Crippen LogP contribution in [0.5, 0.6) is 0 Å². The van der Waals surface area contributed by atoms with Crippen molar-refractivity contribution in [2.75, 3.05) is 0 Å². The lowest BCUT2D eigenvalue weighted by Gasteiger charge is -2.11. The van der Waals surface area contributed by atoms with Crippen LogP contribution in [-0.4, -0.2) is 29.8 Å². The van der Waals surface area contributed by atoms with Crippen LogP contribution in [0.3, 0.4) is 0 Å². The average Bonchev–Trinajstić information content (AvgIpc) is 2.32. The van der Waals surface area contributed by atoms with Crippen molar-refractivity contribution in [1.29, 1.82) is 0 Å². The molecule has 0 heterocycles. The van der Waals surface area contributed by atoms with Gasteiger partial charge in [0.05, 0.1) is 0 Å². The Morgan fingerprint density at radius 1 is 1.22 bits per heavy atom. The zero-order valence-electron chi connectivity index (χ0n) is 10.0. The van der Waals surface area contributed by atoms with Crippen LogP contribution in [0.2, 0.25) is 0 Å². The summed E-state index contributed by atoms with van der Waals surface area (Å²) in [5, 5.41) is 2.04. The van der Waals surface area contributed by atoms with Crippen LogP contribution in [0.15, 0.2) is 0 Å². The number of nitrogens with two attached hydrogens (primary N) is 1. The highest BCUT2D eigenvalue weighted by molar-refractivity contribution is 5.85. The Bertz CT molecular complexity index is 343. The molecule has 0 saturated carbocycles. The standard InChI is InChI=1S/C9H15N3O6/c1-5(13)3-4-7(14)12-18-8(15)6(2)11-9(16)17-10/h6H,3-4,10H2,1-2H3,(H,11,16)(H,12,14). The molecule has 9 nitrogen and oxygen atoms in total. The lowest BCUT2D eigenvalue weighted by molar-refractivity contribution is -0.159. The Balaban J connectivity index is 3.91. The van der Waals surface area contributed by atoms with Gasteiger partial charge in [-0.3, -0.25) is 4.79 Å². The number of ketones is 1. The Morgan fingerprint density at radius 3 is 2.33 bits per heavy atom. The van der Waals surface area contributed by atoms with Crippen LogP contribution in [0.25, 0.3) is 0 Å². The maximum absolute atomic E-state index is 11.2. The quantitative estimate of drug-likeness (QED) is 0.535. The fourth-order valence-electron chi connectivity index (χ4n) is 0.806. The molecule has 0 spiro atoms. The molecule has 0 aliphatic carbocycles. The first-order valence-electron chi connectivity index (χ1n) is 5.03. The molecule has 0 aromatic rings. The van der Waals surface area contributed by atoms with Crippen LogP contribution >= 0.6 is 0 Å². The average molecular weight is 261 g/mol. The summed E-state index contributed by atoms with van der Waals surface area (Å²) in [7, 11) is 0. The van der Waals surface area contributed by atoms with E-state index in [-0.39, 0.29) is 18.6 Å². The molecule has 0 aliphatic heterocycles. The number of nitrogens with one attached hydrogen (secondary N) is 2. The summed E-state index contributed by atoms with van der Waals surface area (Å²) in [5.41, 5.74) is 1.85. The number of hydroxylamine groups is 1. The fraction of sp³-hybridized carbons (Fsp3) is 0.556. The SMILES string of the molecule is CC(=O)CCC(=O)NOC(=O)C(C)NC(=O)ON. The summed E-state index contributed by atoms with van der Waals surface area (Å²) in [6, 6.07) is -1.05. The van der Waals surface area contributed by atoms with E-state index in [0.29, 0.717) is 0 Å². The number of amides is 2. The van der Waals surface area contributed by atoms with Crippen LogP contribution in [0.4, 0.5) is 4.79 Å². The number of hydrogen-bond donors (Lipinski definition) is 3. The van der Waals surface area contributed by atoms with Crippen molar-refractivity contribution in [3.8, 4) is 0 Å². The van der Waals surface area contributed by atoms with Gasteiger partial charge in [0.25, 0.3) is 5.91 Å². The first kappa shape index (κ1) is 15.8. The van der Waals surface area contributed by atoms with E-state index in [2.05, 4.69) is 15.6 Å². The lowest BCUT2D eigenvalue weighted by Crippen LogP contribution is -2.43. The van der Waals surface area contributed by atoms with Gasteiger partial charge < -0.3 is 19.8 Å². The highest BCUT2D eigenvalue weighted by atomic mass is 16.7. The van der Waals surface area contributed by atoms with Gasteiger partial charge in [-0.1, -0.05) is 0 Å². The molecule has 0 fully saturated rings. The molecule has 0 aromatic carbocycles. The second kappa shape index (κ2) is 8.01. The third kappa shape index (κ3) is 7.17. The third-order valence-corrected chi connectivity index (χ3v) is 1.76. The minimum absolute atomic E-state index is 0.0523.